The average Bonchev–Trinajstić information content (AvgIpc) is 2.95. The van der Waals surface area contributed by atoms with Gasteiger partial charge < -0.3 is 4.90 Å². The zero-order valence-corrected chi connectivity index (χ0v) is 13.7. The highest BCUT2D eigenvalue weighted by molar-refractivity contribution is 9.10. The maximum absolute atomic E-state index is 12.5. The van der Waals surface area contributed by atoms with Crippen LogP contribution in [0.4, 0.5) is 0 Å². The third-order valence-corrected chi connectivity index (χ3v) is 4.07. The molecule has 0 aliphatic carbocycles. The number of amides is 1. The number of hydrogen-bond donors (Lipinski definition) is 0. The lowest BCUT2D eigenvalue weighted by molar-refractivity contribution is 0.0771. The summed E-state index contributed by atoms with van der Waals surface area (Å²) in [6.45, 7) is 5.19. The highest BCUT2D eigenvalue weighted by atomic mass is 79.9. The van der Waals surface area contributed by atoms with Crippen LogP contribution in [-0.2, 0) is 20.1 Å². The number of carbonyl (C=O) groups is 1. The molecular weight excluding hydrogens is 322 g/mol. The Hall–Kier alpha value is -1.63. The molecule has 0 bridgehead atoms. The minimum Gasteiger partial charge on any atom is -0.334 e. The van der Waals surface area contributed by atoms with Crippen molar-refractivity contribution in [1.82, 2.24) is 24.5 Å². The van der Waals surface area contributed by atoms with Gasteiger partial charge in [0.15, 0.2) is 0 Å². The van der Waals surface area contributed by atoms with Crippen molar-refractivity contribution in [2.75, 3.05) is 7.05 Å². The highest BCUT2D eigenvalue weighted by Crippen LogP contribution is 2.21. The zero-order chi connectivity index (χ0) is 14.9. The van der Waals surface area contributed by atoms with E-state index in [4.69, 9.17) is 0 Å². The monoisotopic (exact) mass is 339 g/mol. The van der Waals surface area contributed by atoms with Gasteiger partial charge in [-0.25, -0.2) is 0 Å². The summed E-state index contributed by atoms with van der Waals surface area (Å²) in [4.78, 5) is 14.1. The minimum atomic E-state index is -0.0778. The molecule has 0 unspecified atom stereocenters. The van der Waals surface area contributed by atoms with E-state index in [0.717, 1.165) is 22.4 Å². The van der Waals surface area contributed by atoms with Crippen LogP contribution in [0.1, 0.15) is 28.8 Å². The first-order chi connectivity index (χ1) is 9.43. The molecule has 7 heteroatoms. The van der Waals surface area contributed by atoms with E-state index in [9.17, 15) is 4.79 Å². The molecule has 0 spiro atoms. The number of halogens is 1. The lowest BCUT2D eigenvalue weighted by atomic mass is 10.3. The standard InChI is InChI=1S/C13H18BrN5O/c1-5-19-7-6-10(16-19)8-17(3)13(20)12-11(14)9(2)15-18(12)4/h6-7H,5,8H2,1-4H3. The van der Waals surface area contributed by atoms with Crippen LogP contribution in [0, 0.1) is 6.92 Å². The molecule has 0 saturated carbocycles. The van der Waals surface area contributed by atoms with Crippen molar-refractivity contribution in [2.24, 2.45) is 7.05 Å². The van der Waals surface area contributed by atoms with E-state index in [-0.39, 0.29) is 5.91 Å². The first kappa shape index (κ1) is 14.8. The Morgan fingerprint density at radius 3 is 2.65 bits per heavy atom. The van der Waals surface area contributed by atoms with Gasteiger partial charge in [0.25, 0.3) is 5.91 Å². The molecule has 2 aromatic rings. The van der Waals surface area contributed by atoms with Gasteiger partial charge >= 0.3 is 0 Å². The Bertz CT molecular complexity index is 631. The Balaban J connectivity index is 2.16. The second-order valence-corrected chi connectivity index (χ2v) is 5.49. The SMILES string of the molecule is CCn1ccc(CN(C)C(=O)c2c(Br)c(C)nn2C)n1. The van der Waals surface area contributed by atoms with E-state index in [1.54, 1.807) is 23.7 Å². The van der Waals surface area contributed by atoms with Crippen molar-refractivity contribution >= 4 is 21.8 Å². The topological polar surface area (TPSA) is 56.0 Å². The van der Waals surface area contributed by atoms with Gasteiger partial charge in [0.2, 0.25) is 0 Å². The van der Waals surface area contributed by atoms with E-state index < -0.39 is 0 Å². The van der Waals surface area contributed by atoms with E-state index in [2.05, 4.69) is 26.1 Å². The third kappa shape index (κ3) is 2.77. The summed E-state index contributed by atoms with van der Waals surface area (Å²) in [5.74, 6) is -0.0778. The summed E-state index contributed by atoms with van der Waals surface area (Å²) in [6.07, 6.45) is 1.91. The summed E-state index contributed by atoms with van der Waals surface area (Å²) in [5.41, 5.74) is 2.23. The van der Waals surface area contributed by atoms with Crippen molar-refractivity contribution in [2.45, 2.75) is 26.9 Å². The molecule has 6 nitrogen and oxygen atoms in total. The fourth-order valence-corrected chi connectivity index (χ4v) is 2.53. The smallest absolute Gasteiger partial charge is 0.273 e. The molecule has 0 saturated heterocycles. The molecule has 1 amide bonds. The molecule has 0 aromatic carbocycles. The van der Waals surface area contributed by atoms with Crippen molar-refractivity contribution in [1.29, 1.82) is 0 Å². The van der Waals surface area contributed by atoms with Gasteiger partial charge in [0, 0.05) is 26.8 Å². The van der Waals surface area contributed by atoms with Crippen LogP contribution in [0.15, 0.2) is 16.7 Å². The molecule has 2 rings (SSSR count). The molecule has 0 atom stereocenters. The predicted molar refractivity (Wildman–Crippen MR) is 79.3 cm³/mol. The van der Waals surface area contributed by atoms with Crippen LogP contribution in [0.5, 0.6) is 0 Å². The predicted octanol–water partition coefficient (Wildman–Crippen LogP) is 1.98. The van der Waals surface area contributed by atoms with Crippen LogP contribution >= 0.6 is 15.9 Å². The molecule has 0 aliphatic heterocycles. The van der Waals surface area contributed by atoms with E-state index in [1.165, 1.54) is 0 Å². The van der Waals surface area contributed by atoms with Gasteiger partial charge in [-0.1, -0.05) is 0 Å². The molecule has 0 N–H and O–H groups in total. The second-order valence-electron chi connectivity index (χ2n) is 4.70. The van der Waals surface area contributed by atoms with Crippen LogP contribution in [0.25, 0.3) is 0 Å². The zero-order valence-electron chi connectivity index (χ0n) is 12.1. The molecule has 2 aromatic heterocycles. The van der Waals surface area contributed by atoms with Crippen LogP contribution in [0.2, 0.25) is 0 Å². The van der Waals surface area contributed by atoms with Crippen LogP contribution in [-0.4, -0.2) is 37.4 Å². The molecule has 108 valence electrons. The van der Waals surface area contributed by atoms with Crippen LogP contribution < -0.4 is 0 Å². The number of rotatable bonds is 4. The summed E-state index contributed by atoms with van der Waals surface area (Å²) in [7, 11) is 3.53. The second kappa shape index (κ2) is 5.78. The fourth-order valence-electron chi connectivity index (χ4n) is 2.02. The summed E-state index contributed by atoms with van der Waals surface area (Å²) < 4.78 is 4.19. The van der Waals surface area contributed by atoms with Crippen molar-refractivity contribution in [3.63, 3.8) is 0 Å². The Kier molecular flexibility index (Phi) is 4.27. The lowest BCUT2D eigenvalue weighted by Crippen LogP contribution is -2.28. The van der Waals surface area contributed by atoms with Crippen molar-refractivity contribution in [3.05, 3.63) is 33.8 Å². The van der Waals surface area contributed by atoms with Gasteiger partial charge in [-0.2, -0.15) is 10.2 Å². The van der Waals surface area contributed by atoms with Gasteiger partial charge in [0.1, 0.15) is 5.69 Å². The molecule has 0 radical (unpaired) electrons. The normalized spacial score (nSPS) is 10.8. The molecular formula is C13H18BrN5O. The van der Waals surface area contributed by atoms with E-state index >= 15 is 0 Å². The third-order valence-electron chi connectivity index (χ3n) is 3.12. The number of nitrogens with zero attached hydrogens (tertiary/aromatic N) is 5. The first-order valence-corrected chi connectivity index (χ1v) is 7.20. The molecule has 0 fully saturated rings. The summed E-state index contributed by atoms with van der Waals surface area (Å²) >= 11 is 3.42. The number of aromatic nitrogens is 4. The van der Waals surface area contributed by atoms with Gasteiger partial charge in [-0.15, -0.1) is 0 Å². The first-order valence-electron chi connectivity index (χ1n) is 6.41. The number of carbonyl (C=O) groups excluding carboxylic acids is 1. The average molecular weight is 340 g/mol. The fraction of sp³-hybridized carbons (Fsp3) is 0.462. The van der Waals surface area contributed by atoms with Gasteiger partial charge in [-0.3, -0.25) is 14.2 Å². The van der Waals surface area contributed by atoms with Gasteiger partial charge in [-0.05, 0) is 35.8 Å². The lowest BCUT2D eigenvalue weighted by Gasteiger charge is -2.16. The minimum absolute atomic E-state index is 0.0778. The quantitative estimate of drug-likeness (QED) is 0.855. The molecule has 0 aliphatic rings. The molecule has 20 heavy (non-hydrogen) atoms. The van der Waals surface area contributed by atoms with Crippen LogP contribution in [0.3, 0.4) is 0 Å². The Labute approximate surface area is 126 Å². The van der Waals surface area contributed by atoms with E-state index in [0.29, 0.717) is 12.2 Å². The maximum atomic E-state index is 12.5. The Morgan fingerprint density at radius 2 is 2.15 bits per heavy atom. The molecule has 2 heterocycles. The van der Waals surface area contributed by atoms with Crippen molar-refractivity contribution < 1.29 is 4.79 Å². The highest BCUT2D eigenvalue weighted by Gasteiger charge is 2.22. The van der Waals surface area contributed by atoms with E-state index in [1.807, 2.05) is 30.8 Å². The number of hydrogen-bond acceptors (Lipinski definition) is 3. The largest absolute Gasteiger partial charge is 0.334 e. The maximum Gasteiger partial charge on any atom is 0.273 e. The summed E-state index contributed by atoms with van der Waals surface area (Å²) in [6, 6.07) is 1.93. The van der Waals surface area contributed by atoms with Crippen molar-refractivity contribution in [3.8, 4) is 0 Å². The van der Waals surface area contributed by atoms with Gasteiger partial charge in [0.05, 0.1) is 22.4 Å². The Morgan fingerprint density at radius 1 is 1.45 bits per heavy atom. The number of aryl methyl sites for hydroxylation is 3. The summed E-state index contributed by atoms with van der Waals surface area (Å²) in [5, 5.41) is 8.62.